The summed E-state index contributed by atoms with van der Waals surface area (Å²) in [6.07, 6.45) is -2.95. The first-order valence-electron chi connectivity index (χ1n) is 12.8. The molecular formula is C29H33F3N4O5S. The molecule has 42 heavy (non-hydrogen) atoms. The lowest BCUT2D eigenvalue weighted by molar-refractivity contribution is -0.192. The molecule has 0 bridgehead atoms. The van der Waals surface area contributed by atoms with Crippen LogP contribution < -0.4 is 15.8 Å². The zero-order valence-corrected chi connectivity index (χ0v) is 23.8. The van der Waals surface area contributed by atoms with E-state index < -0.39 is 28.3 Å². The zero-order valence-electron chi connectivity index (χ0n) is 23.0. The number of alkyl halides is 3. The summed E-state index contributed by atoms with van der Waals surface area (Å²) in [6, 6.07) is 23.0. The molecule has 226 valence electrons. The molecule has 6 N–H and O–H groups in total. The van der Waals surface area contributed by atoms with Crippen molar-refractivity contribution in [1.29, 1.82) is 0 Å². The summed E-state index contributed by atoms with van der Waals surface area (Å²) in [7, 11) is -3.69. The molecule has 0 fully saturated rings. The lowest BCUT2D eigenvalue weighted by Crippen LogP contribution is -2.42. The van der Waals surface area contributed by atoms with Crippen molar-refractivity contribution < 1.29 is 36.6 Å². The maximum atomic E-state index is 12.6. The van der Waals surface area contributed by atoms with Crippen LogP contribution in [0.4, 0.5) is 24.5 Å². The van der Waals surface area contributed by atoms with Gasteiger partial charge < -0.3 is 25.8 Å². The molecular weight excluding hydrogens is 573 g/mol. The first kappa shape index (κ1) is 32.4. The Morgan fingerprint density at radius 2 is 1.67 bits per heavy atom. The number of carbonyl (C=O) groups is 1. The van der Waals surface area contributed by atoms with Crippen molar-refractivity contribution in [2.45, 2.75) is 49.5 Å². The van der Waals surface area contributed by atoms with E-state index in [2.05, 4.69) is 40.7 Å². The first-order chi connectivity index (χ1) is 19.6. The van der Waals surface area contributed by atoms with Crippen LogP contribution in [-0.4, -0.2) is 47.4 Å². The van der Waals surface area contributed by atoms with Gasteiger partial charge in [0.25, 0.3) is 10.0 Å². The Labute approximate surface area is 241 Å². The van der Waals surface area contributed by atoms with Gasteiger partial charge in [0.1, 0.15) is 0 Å². The van der Waals surface area contributed by atoms with Gasteiger partial charge in [-0.1, -0.05) is 30.3 Å². The average Bonchev–Trinajstić information content (AvgIpc) is 3.33. The number of nitrogens with one attached hydrogen (secondary N) is 2. The van der Waals surface area contributed by atoms with Crippen LogP contribution in [0.2, 0.25) is 0 Å². The number of β-amino-alcohol motifs (C(OH)–C–C–N with tert-alkyl or cyclic N) is 1. The number of benzene rings is 3. The highest BCUT2D eigenvalue weighted by molar-refractivity contribution is 7.92. The van der Waals surface area contributed by atoms with Crippen molar-refractivity contribution in [2.75, 3.05) is 17.0 Å². The van der Waals surface area contributed by atoms with Gasteiger partial charge in [0.05, 0.1) is 11.0 Å². The molecule has 0 aliphatic heterocycles. The van der Waals surface area contributed by atoms with Crippen LogP contribution >= 0.6 is 0 Å². The molecule has 3 aromatic carbocycles. The fourth-order valence-corrected chi connectivity index (χ4v) is 5.09. The van der Waals surface area contributed by atoms with E-state index in [0.717, 1.165) is 29.6 Å². The predicted molar refractivity (Wildman–Crippen MR) is 155 cm³/mol. The number of carboxylic acid groups (broad SMARTS) is 1. The number of hydrogen-bond acceptors (Lipinski definition) is 6. The van der Waals surface area contributed by atoms with Gasteiger partial charge in [-0.2, -0.15) is 13.2 Å². The Morgan fingerprint density at radius 1 is 1.00 bits per heavy atom. The summed E-state index contributed by atoms with van der Waals surface area (Å²) in [5.74, 6) is -2.76. The van der Waals surface area contributed by atoms with E-state index in [9.17, 15) is 26.7 Å². The maximum absolute atomic E-state index is 12.6. The van der Waals surface area contributed by atoms with Crippen LogP contribution in [0.5, 0.6) is 0 Å². The van der Waals surface area contributed by atoms with E-state index in [-0.39, 0.29) is 10.4 Å². The maximum Gasteiger partial charge on any atom is 0.490 e. The molecule has 0 saturated carbocycles. The predicted octanol–water partition coefficient (Wildman–Crippen LogP) is 5.15. The molecule has 1 heterocycles. The lowest BCUT2D eigenvalue weighted by atomic mass is 9.99. The zero-order chi connectivity index (χ0) is 31.1. The number of aromatic nitrogens is 1. The number of nitrogens with two attached hydrogens (primary N) is 1. The van der Waals surface area contributed by atoms with Crippen molar-refractivity contribution in [3.8, 4) is 0 Å². The third kappa shape index (κ3) is 9.23. The quantitative estimate of drug-likeness (QED) is 0.157. The Balaban J connectivity index is 0.000000616. The first-order valence-corrected chi connectivity index (χ1v) is 14.3. The van der Waals surface area contributed by atoms with Crippen molar-refractivity contribution in [3.63, 3.8) is 0 Å². The molecule has 0 aliphatic carbocycles. The van der Waals surface area contributed by atoms with E-state index in [1.54, 1.807) is 54.6 Å². The molecule has 0 amide bonds. The summed E-state index contributed by atoms with van der Waals surface area (Å²) in [6.45, 7) is 5.37. The van der Waals surface area contributed by atoms with Crippen molar-refractivity contribution >= 4 is 38.3 Å². The van der Waals surface area contributed by atoms with Gasteiger partial charge in [0.15, 0.2) is 0 Å². The van der Waals surface area contributed by atoms with E-state index in [1.807, 2.05) is 18.2 Å². The smallest absolute Gasteiger partial charge is 0.475 e. The van der Waals surface area contributed by atoms with Gasteiger partial charge in [-0.05, 0) is 74.4 Å². The fourth-order valence-electron chi connectivity index (χ4n) is 4.02. The normalized spacial score (nSPS) is 12.8. The summed E-state index contributed by atoms with van der Waals surface area (Å²) < 4.78 is 61.8. The molecule has 4 rings (SSSR count). The van der Waals surface area contributed by atoms with Crippen LogP contribution in [-0.2, 0) is 21.4 Å². The second-order valence-electron chi connectivity index (χ2n) is 10.2. The van der Waals surface area contributed by atoms with Gasteiger partial charge in [0.2, 0.25) is 0 Å². The third-order valence-corrected chi connectivity index (χ3v) is 7.76. The highest BCUT2D eigenvalue weighted by Gasteiger charge is 2.38. The number of aliphatic hydroxyl groups excluding tert-OH is 1. The molecule has 0 radical (unpaired) electrons. The number of carboxylic acids is 1. The minimum atomic E-state index is -5.08. The third-order valence-electron chi connectivity index (χ3n) is 6.37. The van der Waals surface area contributed by atoms with Crippen LogP contribution in [0.15, 0.2) is 90.0 Å². The second-order valence-corrected chi connectivity index (χ2v) is 11.9. The van der Waals surface area contributed by atoms with Crippen molar-refractivity contribution in [1.82, 2.24) is 9.88 Å². The van der Waals surface area contributed by atoms with Gasteiger partial charge in [-0.25, -0.2) is 13.2 Å². The number of aliphatic hydroxyl groups is 1. The van der Waals surface area contributed by atoms with Crippen molar-refractivity contribution in [3.05, 3.63) is 90.6 Å². The summed E-state index contributed by atoms with van der Waals surface area (Å²) in [4.78, 5) is 9.08. The number of rotatable bonds is 10. The molecule has 0 aliphatic rings. The lowest BCUT2D eigenvalue weighted by Gasteiger charge is -2.28. The SMILES string of the molecule is CC(C)(CCn1ccc2cc(N)ccc21)NC[C@H](O)c1cccc(NS(=O)(=O)c2ccccc2)c1.O=C(O)C(F)(F)F. The van der Waals surface area contributed by atoms with E-state index >= 15 is 0 Å². The van der Waals surface area contributed by atoms with Gasteiger partial charge in [-0.3, -0.25) is 4.72 Å². The Hall–Kier alpha value is -4.07. The molecule has 9 nitrogen and oxygen atoms in total. The number of nitrogen functional groups attached to an aromatic ring is 1. The Bertz CT molecular complexity index is 1610. The molecule has 4 aromatic rings. The Kier molecular flexibility index (Phi) is 10.3. The Morgan fingerprint density at radius 3 is 2.31 bits per heavy atom. The number of aliphatic carboxylic acids is 1. The summed E-state index contributed by atoms with van der Waals surface area (Å²) in [5, 5.41) is 22.5. The molecule has 13 heteroatoms. The molecule has 1 atom stereocenters. The number of halogens is 3. The molecule has 0 saturated heterocycles. The molecule has 0 spiro atoms. The molecule has 0 unspecified atom stereocenters. The van der Waals surface area contributed by atoms with Crippen molar-refractivity contribution in [2.24, 2.45) is 0 Å². The highest BCUT2D eigenvalue weighted by atomic mass is 32.2. The topological polar surface area (TPSA) is 147 Å². The van der Waals surface area contributed by atoms with Gasteiger partial charge in [0, 0.05) is 47.1 Å². The van der Waals surface area contributed by atoms with E-state index in [0.29, 0.717) is 17.8 Å². The van der Waals surface area contributed by atoms with Crippen LogP contribution in [0.25, 0.3) is 10.9 Å². The van der Waals surface area contributed by atoms with Crippen LogP contribution in [0.1, 0.15) is 31.9 Å². The van der Waals surface area contributed by atoms with E-state index in [1.165, 1.54) is 0 Å². The average molecular weight is 607 g/mol. The largest absolute Gasteiger partial charge is 0.490 e. The van der Waals surface area contributed by atoms with Gasteiger partial charge in [-0.15, -0.1) is 0 Å². The highest BCUT2D eigenvalue weighted by Crippen LogP contribution is 2.23. The minimum absolute atomic E-state index is 0.188. The summed E-state index contributed by atoms with van der Waals surface area (Å²) in [5.41, 5.74) is 8.60. The monoisotopic (exact) mass is 606 g/mol. The molecule has 1 aromatic heterocycles. The second kappa shape index (κ2) is 13.3. The fraction of sp³-hybridized carbons (Fsp3) is 0.276. The summed E-state index contributed by atoms with van der Waals surface area (Å²) >= 11 is 0. The number of nitrogens with zero attached hydrogens (tertiary/aromatic N) is 1. The number of anilines is 2. The minimum Gasteiger partial charge on any atom is -0.475 e. The number of aryl methyl sites for hydroxylation is 1. The number of sulfonamides is 1. The van der Waals surface area contributed by atoms with Crippen LogP contribution in [0.3, 0.4) is 0 Å². The standard InChI is InChI=1S/C27H32N4O3S.C2HF3O2/c1-27(2,14-16-31-15-13-20-17-22(28)11-12-25(20)31)29-19-26(32)21-7-6-8-23(18-21)30-35(33,34)24-9-4-3-5-10-24;3-2(4,5)1(6)7/h3-13,15,17-18,26,29-30,32H,14,16,19,28H2,1-2H3;(H,6,7)/t26-;/m0./s1. The van der Waals surface area contributed by atoms with E-state index in [4.69, 9.17) is 15.6 Å². The van der Waals surface area contributed by atoms with Gasteiger partial charge >= 0.3 is 12.1 Å². The number of fused-ring (bicyclic) bond motifs is 1. The number of hydrogen-bond donors (Lipinski definition) is 5. The van der Waals surface area contributed by atoms with Crippen LogP contribution in [0, 0.1) is 0 Å².